The van der Waals surface area contributed by atoms with E-state index < -0.39 is 0 Å². The lowest BCUT2D eigenvalue weighted by Gasteiger charge is -2.37. The first-order chi connectivity index (χ1) is 13.0. The highest BCUT2D eigenvalue weighted by atomic mass is 16.3. The number of rotatable bonds is 6. The normalized spacial score (nSPS) is 16.7. The lowest BCUT2D eigenvalue weighted by molar-refractivity contribution is -0.932. The lowest BCUT2D eigenvalue weighted by Crippen LogP contribution is -2.51. The quantitative estimate of drug-likeness (QED) is 0.752. The van der Waals surface area contributed by atoms with Gasteiger partial charge in [0, 0.05) is 12.0 Å². The molecule has 0 amide bonds. The molecule has 1 aliphatic rings. The number of benzene rings is 2. The number of likely N-dealkylation sites (tertiary alicyclic amines) is 1. The molecule has 0 aliphatic carbocycles. The first kappa shape index (κ1) is 19.6. The second-order valence-electron chi connectivity index (χ2n) is 8.28. The summed E-state index contributed by atoms with van der Waals surface area (Å²) < 4.78 is 0.888. The van der Waals surface area contributed by atoms with E-state index in [4.69, 9.17) is 0 Å². The molecule has 0 spiro atoms. The van der Waals surface area contributed by atoms with Crippen LogP contribution in [0.4, 0.5) is 0 Å². The van der Waals surface area contributed by atoms with Crippen LogP contribution in [0.2, 0.25) is 0 Å². The van der Waals surface area contributed by atoms with Gasteiger partial charge in [0.1, 0.15) is 18.8 Å². The van der Waals surface area contributed by atoms with Crippen molar-refractivity contribution in [3.05, 3.63) is 64.7 Å². The number of aromatic hydroxyl groups is 1. The molecule has 1 fully saturated rings. The fourth-order valence-electron chi connectivity index (χ4n) is 4.58. The molecule has 3 rings (SSSR count). The van der Waals surface area contributed by atoms with Gasteiger partial charge in [-0.25, -0.2) is 0 Å². The molecule has 0 radical (unpaired) electrons. The molecule has 1 heterocycles. The minimum atomic E-state index is 0.279. The minimum absolute atomic E-state index is 0.279. The fourth-order valence-corrected chi connectivity index (χ4v) is 4.58. The number of carbonyl (C=O) groups is 1. The lowest BCUT2D eigenvalue weighted by atomic mass is 9.97. The molecule has 1 N–H and O–H groups in total. The Kier molecular flexibility index (Phi) is 6.33. The van der Waals surface area contributed by atoms with Crippen LogP contribution >= 0.6 is 0 Å². The smallest absolute Gasteiger partial charge is 0.191 e. The highest BCUT2D eigenvalue weighted by Gasteiger charge is 2.31. The maximum Gasteiger partial charge on any atom is 0.191 e. The maximum absolute atomic E-state index is 13.1. The summed E-state index contributed by atoms with van der Waals surface area (Å²) in [6.07, 6.45) is 5.43. The van der Waals surface area contributed by atoms with Crippen LogP contribution in [-0.4, -0.2) is 35.0 Å². The third-order valence-corrected chi connectivity index (χ3v) is 5.94. The van der Waals surface area contributed by atoms with Crippen LogP contribution in [0.1, 0.15) is 47.9 Å². The predicted octanol–water partition coefficient (Wildman–Crippen LogP) is 4.71. The van der Waals surface area contributed by atoms with E-state index in [1.54, 1.807) is 12.1 Å². The van der Waals surface area contributed by atoms with Gasteiger partial charge >= 0.3 is 0 Å². The molecule has 0 saturated carbocycles. The average Bonchev–Trinajstić information content (AvgIpc) is 2.84. The molecule has 3 heteroatoms. The van der Waals surface area contributed by atoms with Crippen molar-refractivity contribution in [2.24, 2.45) is 0 Å². The number of hydrogen-bond acceptors (Lipinski definition) is 2. The van der Waals surface area contributed by atoms with Crippen molar-refractivity contribution in [3.8, 4) is 5.75 Å². The molecule has 0 bridgehead atoms. The topological polar surface area (TPSA) is 37.3 Å². The van der Waals surface area contributed by atoms with Crippen molar-refractivity contribution in [1.82, 2.24) is 0 Å². The van der Waals surface area contributed by atoms with Crippen LogP contribution in [0.15, 0.2) is 42.5 Å². The number of phenols is 1. The number of hydrogen-bond donors (Lipinski definition) is 1. The van der Waals surface area contributed by atoms with Crippen LogP contribution in [0.25, 0.3) is 0 Å². The Labute approximate surface area is 163 Å². The van der Waals surface area contributed by atoms with Crippen LogP contribution in [-0.2, 0) is 17.8 Å². The first-order valence-electron chi connectivity index (χ1n) is 10.2. The summed E-state index contributed by atoms with van der Waals surface area (Å²) in [7, 11) is 0. The van der Waals surface area contributed by atoms with Crippen molar-refractivity contribution >= 4 is 5.78 Å². The van der Waals surface area contributed by atoms with Crippen LogP contribution in [0, 0.1) is 13.8 Å². The van der Waals surface area contributed by atoms with Gasteiger partial charge in [-0.1, -0.05) is 30.3 Å². The van der Waals surface area contributed by atoms with E-state index in [-0.39, 0.29) is 5.75 Å². The van der Waals surface area contributed by atoms with E-state index in [0.717, 1.165) is 40.8 Å². The molecular formula is C24H32NO2+. The first-order valence-corrected chi connectivity index (χ1v) is 10.2. The monoisotopic (exact) mass is 366 g/mol. The van der Waals surface area contributed by atoms with Gasteiger partial charge in [0.2, 0.25) is 0 Å². The number of nitrogens with zero attached hydrogens (tertiary/aromatic N) is 1. The average molecular weight is 367 g/mol. The van der Waals surface area contributed by atoms with Gasteiger partial charge in [0.25, 0.3) is 0 Å². The second-order valence-corrected chi connectivity index (χ2v) is 8.28. The molecular weight excluding hydrogens is 334 g/mol. The summed E-state index contributed by atoms with van der Waals surface area (Å²) in [5.74, 6) is 0.589. The third-order valence-electron chi connectivity index (χ3n) is 5.94. The van der Waals surface area contributed by atoms with Gasteiger partial charge in [-0.2, -0.15) is 0 Å². The molecule has 3 nitrogen and oxygen atoms in total. The summed E-state index contributed by atoms with van der Waals surface area (Å²) >= 11 is 0. The second kappa shape index (κ2) is 8.71. The zero-order valence-electron chi connectivity index (χ0n) is 16.7. The molecule has 1 saturated heterocycles. The molecule has 144 valence electrons. The Morgan fingerprint density at radius 3 is 2.15 bits per heavy atom. The third kappa shape index (κ3) is 5.20. The summed E-state index contributed by atoms with van der Waals surface area (Å²) in [4.78, 5) is 13.1. The van der Waals surface area contributed by atoms with Crippen LogP contribution in [0.3, 0.4) is 0 Å². The summed E-state index contributed by atoms with van der Waals surface area (Å²) in [5, 5.41) is 9.76. The Balaban J connectivity index is 1.78. The number of quaternary nitrogens is 1. The SMILES string of the molecule is Cc1cc(O)cc(C)c1CC(=O)C[N+]1(Cc2ccccc2)CCCCCC1. The van der Waals surface area contributed by atoms with E-state index >= 15 is 0 Å². The Hall–Kier alpha value is -2.13. The van der Waals surface area contributed by atoms with Gasteiger partial charge in [-0.05, 0) is 68.4 Å². The van der Waals surface area contributed by atoms with E-state index in [2.05, 4.69) is 30.3 Å². The van der Waals surface area contributed by atoms with E-state index in [1.165, 1.54) is 31.2 Å². The summed E-state index contributed by atoms with van der Waals surface area (Å²) in [6, 6.07) is 14.1. The number of aryl methyl sites for hydroxylation is 2. The fraction of sp³-hybridized carbons (Fsp3) is 0.458. The number of ketones is 1. The van der Waals surface area contributed by atoms with Crippen molar-refractivity contribution in [2.75, 3.05) is 19.6 Å². The number of Topliss-reactive ketones (excluding diaryl/α,β-unsaturated/α-hetero) is 1. The Morgan fingerprint density at radius 1 is 0.963 bits per heavy atom. The van der Waals surface area contributed by atoms with Crippen molar-refractivity contribution in [2.45, 2.75) is 52.5 Å². The van der Waals surface area contributed by atoms with Crippen LogP contribution in [0.5, 0.6) is 5.75 Å². The van der Waals surface area contributed by atoms with Crippen LogP contribution < -0.4 is 0 Å². The van der Waals surface area contributed by atoms with Gasteiger partial charge in [-0.15, -0.1) is 0 Å². The number of phenolic OH excluding ortho intramolecular Hbond substituents is 1. The maximum atomic E-state index is 13.1. The molecule has 0 atom stereocenters. The van der Waals surface area contributed by atoms with Gasteiger partial charge in [0.15, 0.2) is 5.78 Å². The highest BCUT2D eigenvalue weighted by molar-refractivity contribution is 5.82. The minimum Gasteiger partial charge on any atom is -0.508 e. The summed E-state index contributed by atoms with van der Waals surface area (Å²) in [6.45, 7) is 7.70. The number of carbonyl (C=O) groups excluding carboxylic acids is 1. The zero-order chi connectivity index (χ0) is 19.3. The molecule has 1 aliphatic heterocycles. The molecule has 27 heavy (non-hydrogen) atoms. The standard InChI is InChI=1S/C24H31NO2/c1-19-14-22(26)15-20(2)24(19)16-23(27)18-25(12-8-3-4-9-13-25)17-21-10-6-5-7-11-21/h5-7,10-11,14-15H,3-4,8-9,12-13,16-18H2,1-2H3/p+1. The zero-order valence-corrected chi connectivity index (χ0v) is 16.7. The van der Waals surface area contributed by atoms with Gasteiger partial charge < -0.3 is 9.59 Å². The van der Waals surface area contributed by atoms with E-state index in [0.29, 0.717) is 18.7 Å². The Morgan fingerprint density at radius 2 is 1.56 bits per heavy atom. The van der Waals surface area contributed by atoms with Crippen molar-refractivity contribution in [3.63, 3.8) is 0 Å². The molecule has 0 unspecified atom stereocenters. The van der Waals surface area contributed by atoms with Crippen molar-refractivity contribution < 1.29 is 14.4 Å². The van der Waals surface area contributed by atoms with Crippen molar-refractivity contribution in [1.29, 1.82) is 0 Å². The Bertz CT molecular complexity index is 751. The summed E-state index contributed by atoms with van der Waals surface area (Å²) in [5.41, 5.74) is 4.41. The predicted molar refractivity (Wildman–Crippen MR) is 110 cm³/mol. The molecule has 0 aromatic heterocycles. The molecule has 2 aromatic carbocycles. The largest absolute Gasteiger partial charge is 0.508 e. The van der Waals surface area contributed by atoms with Gasteiger partial charge in [0.05, 0.1) is 13.1 Å². The highest BCUT2D eigenvalue weighted by Crippen LogP contribution is 2.25. The van der Waals surface area contributed by atoms with E-state index in [1.807, 2.05) is 13.8 Å². The van der Waals surface area contributed by atoms with Gasteiger partial charge in [-0.3, -0.25) is 4.79 Å². The molecule has 2 aromatic rings. The van der Waals surface area contributed by atoms with E-state index in [9.17, 15) is 9.90 Å².